The molecular weight excluding hydrogens is 266 g/mol. The van der Waals surface area contributed by atoms with E-state index >= 15 is 0 Å². The maximum absolute atomic E-state index is 12.0. The minimum atomic E-state index is -0.259. The molecule has 0 fully saturated rings. The van der Waals surface area contributed by atoms with Gasteiger partial charge in [-0.1, -0.05) is 25.4 Å². The smallest absolute Gasteiger partial charge is 0.287 e. The van der Waals surface area contributed by atoms with Gasteiger partial charge in [0, 0.05) is 13.1 Å². The van der Waals surface area contributed by atoms with Crippen LogP contribution >= 0.6 is 11.6 Å². The van der Waals surface area contributed by atoms with Crippen molar-refractivity contribution in [2.24, 2.45) is 5.92 Å². The molecule has 6 heteroatoms. The first-order valence-electron chi connectivity index (χ1n) is 6.53. The summed E-state index contributed by atoms with van der Waals surface area (Å²) in [5, 5.41) is 7.35. The van der Waals surface area contributed by atoms with Crippen LogP contribution in [0.2, 0.25) is 5.02 Å². The van der Waals surface area contributed by atoms with Gasteiger partial charge in [0.05, 0.1) is 24.6 Å². The quantitative estimate of drug-likeness (QED) is 0.783. The number of ether oxygens (including phenoxy) is 1. The molecule has 1 heterocycles. The summed E-state index contributed by atoms with van der Waals surface area (Å²) in [7, 11) is 0. The summed E-state index contributed by atoms with van der Waals surface area (Å²) < 4.78 is 6.79. The average Bonchev–Trinajstić information content (AvgIpc) is 2.32. The Morgan fingerprint density at radius 2 is 2.11 bits per heavy atom. The molecule has 1 N–H and O–H groups in total. The first-order chi connectivity index (χ1) is 8.91. The van der Waals surface area contributed by atoms with Crippen molar-refractivity contribution in [2.45, 2.75) is 40.3 Å². The number of rotatable bonds is 7. The maximum Gasteiger partial charge on any atom is 0.287 e. The summed E-state index contributed by atoms with van der Waals surface area (Å²) in [6, 6.07) is 0. The molecular formula is C13H22ClN3O2. The second-order valence-electron chi connectivity index (χ2n) is 5.10. The topological polar surface area (TPSA) is 56.1 Å². The lowest BCUT2D eigenvalue weighted by Crippen LogP contribution is -2.26. The van der Waals surface area contributed by atoms with Gasteiger partial charge >= 0.3 is 0 Å². The fourth-order valence-corrected chi connectivity index (χ4v) is 1.76. The van der Waals surface area contributed by atoms with Gasteiger partial charge in [-0.05, 0) is 19.8 Å². The van der Waals surface area contributed by atoms with Gasteiger partial charge in [0.25, 0.3) is 5.56 Å². The van der Waals surface area contributed by atoms with Gasteiger partial charge < -0.3 is 10.1 Å². The lowest BCUT2D eigenvalue weighted by atomic mass is 10.2. The molecule has 0 aromatic carbocycles. The largest absolute Gasteiger partial charge is 0.380 e. The van der Waals surface area contributed by atoms with E-state index in [1.54, 1.807) is 6.20 Å². The zero-order valence-corrected chi connectivity index (χ0v) is 12.7. The second-order valence-corrected chi connectivity index (χ2v) is 5.48. The highest BCUT2D eigenvalue weighted by atomic mass is 35.5. The van der Waals surface area contributed by atoms with Crippen molar-refractivity contribution in [3.05, 3.63) is 21.6 Å². The lowest BCUT2D eigenvalue weighted by Gasteiger charge is -2.12. The SMILES string of the molecule is CC(C)Cn1ncc(NCCOC(C)C)c(Cl)c1=O. The predicted molar refractivity (Wildman–Crippen MR) is 77.9 cm³/mol. The van der Waals surface area contributed by atoms with Crippen molar-refractivity contribution < 1.29 is 4.74 Å². The van der Waals surface area contributed by atoms with Crippen LogP contribution in [0, 0.1) is 5.92 Å². The van der Waals surface area contributed by atoms with Crippen molar-refractivity contribution in [2.75, 3.05) is 18.5 Å². The molecule has 19 heavy (non-hydrogen) atoms. The summed E-state index contributed by atoms with van der Waals surface area (Å²) in [5.41, 5.74) is 0.296. The van der Waals surface area contributed by atoms with E-state index in [0.29, 0.717) is 31.3 Å². The standard InChI is InChI=1S/C13H22ClN3O2/c1-9(2)8-17-13(18)12(14)11(7-16-17)15-5-6-19-10(3)4/h7,9-10,15H,5-6,8H2,1-4H3. The van der Waals surface area contributed by atoms with Crippen LogP contribution in [-0.4, -0.2) is 29.0 Å². The van der Waals surface area contributed by atoms with Gasteiger partial charge in [0.2, 0.25) is 0 Å². The van der Waals surface area contributed by atoms with Crippen molar-refractivity contribution in [1.82, 2.24) is 9.78 Å². The van der Waals surface area contributed by atoms with Gasteiger partial charge in [-0.25, -0.2) is 4.68 Å². The van der Waals surface area contributed by atoms with Crippen LogP contribution in [0.15, 0.2) is 11.0 Å². The van der Waals surface area contributed by atoms with Gasteiger partial charge in [-0.15, -0.1) is 0 Å². The highest BCUT2D eigenvalue weighted by Gasteiger charge is 2.09. The fourth-order valence-electron chi connectivity index (χ4n) is 1.54. The van der Waals surface area contributed by atoms with Gasteiger partial charge in [0.15, 0.2) is 0 Å². The molecule has 1 rings (SSSR count). The zero-order valence-electron chi connectivity index (χ0n) is 11.9. The number of hydrogen-bond acceptors (Lipinski definition) is 4. The van der Waals surface area contributed by atoms with Crippen molar-refractivity contribution >= 4 is 17.3 Å². The minimum absolute atomic E-state index is 0.181. The van der Waals surface area contributed by atoms with E-state index in [1.807, 2.05) is 27.7 Å². The Balaban J connectivity index is 2.66. The van der Waals surface area contributed by atoms with Crippen LogP contribution in [0.4, 0.5) is 5.69 Å². The van der Waals surface area contributed by atoms with E-state index in [9.17, 15) is 4.79 Å². The van der Waals surface area contributed by atoms with E-state index in [2.05, 4.69) is 10.4 Å². The van der Waals surface area contributed by atoms with Gasteiger partial charge in [-0.2, -0.15) is 5.10 Å². The summed E-state index contributed by atoms with van der Waals surface area (Å²) >= 11 is 6.05. The van der Waals surface area contributed by atoms with E-state index in [0.717, 1.165) is 0 Å². The molecule has 5 nitrogen and oxygen atoms in total. The van der Waals surface area contributed by atoms with E-state index < -0.39 is 0 Å². The molecule has 0 spiro atoms. The van der Waals surface area contributed by atoms with E-state index in [4.69, 9.17) is 16.3 Å². The summed E-state index contributed by atoms with van der Waals surface area (Å²) in [6.07, 6.45) is 1.77. The molecule has 0 unspecified atom stereocenters. The normalized spacial score (nSPS) is 11.3. The molecule has 0 saturated heterocycles. The lowest BCUT2D eigenvalue weighted by molar-refractivity contribution is 0.0870. The van der Waals surface area contributed by atoms with E-state index in [-0.39, 0.29) is 16.7 Å². The molecule has 1 aromatic heterocycles. The Hall–Kier alpha value is -1.07. The fraction of sp³-hybridized carbons (Fsp3) is 0.692. The second kappa shape index (κ2) is 7.50. The predicted octanol–water partition coefficient (Wildman–Crippen LogP) is 2.39. The van der Waals surface area contributed by atoms with Crippen molar-refractivity contribution in [1.29, 1.82) is 0 Å². The first kappa shape index (κ1) is 16.0. The Kier molecular flexibility index (Phi) is 6.31. The molecule has 0 bridgehead atoms. The zero-order chi connectivity index (χ0) is 14.4. The summed E-state index contributed by atoms with van der Waals surface area (Å²) in [5.74, 6) is 0.347. The molecule has 0 aliphatic carbocycles. The minimum Gasteiger partial charge on any atom is -0.380 e. The number of nitrogens with one attached hydrogen (secondary N) is 1. The number of hydrogen-bond donors (Lipinski definition) is 1. The third-order valence-electron chi connectivity index (χ3n) is 2.39. The molecule has 0 radical (unpaired) electrons. The van der Waals surface area contributed by atoms with E-state index in [1.165, 1.54) is 4.68 Å². The molecule has 0 aliphatic rings. The van der Waals surface area contributed by atoms with Crippen molar-refractivity contribution in [3.63, 3.8) is 0 Å². The number of nitrogens with zero attached hydrogens (tertiary/aromatic N) is 2. The maximum atomic E-state index is 12.0. The molecule has 0 aliphatic heterocycles. The Labute approximate surface area is 118 Å². The molecule has 0 atom stereocenters. The number of anilines is 1. The van der Waals surface area contributed by atoms with Crippen molar-refractivity contribution in [3.8, 4) is 0 Å². The number of halogens is 1. The summed E-state index contributed by atoms with van der Waals surface area (Å²) in [6.45, 7) is 9.71. The van der Waals surface area contributed by atoms with Crippen LogP contribution < -0.4 is 10.9 Å². The third kappa shape index (κ3) is 5.20. The highest BCUT2D eigenvalue weighted by molar-refractivity contribution is 6.32. The first-order valence-corrected chi connectivity index (χ1v) is 6.90. The average molecular weight is 288 g/mol. The Bertz CT molecular complexity index is 458. The van der Waals surface area contributed by atoms with Gasteiger partial charge in [-0.3, -0.25) is 4.79 Å². The molecule has 0 amide bonds. The molecule has 108 valence electrons. The number of aromatic nitrogens is 2. The molecule has 0 saturated carbocycles. The van der Waals surface area contributed by atoms with Crippen LogP contribution in [0.3, 0.4) is 0 Å². The Morgan fingerprint density at radius 3 is 2.68 bits per heavy atom. The third-order valence-corrected chi connectivity index (χ3v) is 2.76. The van der Waals surface area contributed by atoms with Crippen LogP contribution in [0.25, 0.3) is 0 Å². The van der Waals surface area contributed by atoms with Gasteiger partial charge in [0.1, 0.15) is 5.02 Å². The summed E-state index contributed by atoms with van der Waals surface area (Å²) in [4.78, 5) is 12.0. The van der Waals surface area contributed by atoms with Crippen LogP contribution in [-0.2, 0) is 11.3 Å². The Morgan fingerprint density at radius 1 is 1.42 bits per heavy atom. The highest BCUT2D eigenvalue weighted by Crippen LogP contribution is 2.15. The van der Waals surface area contributed by atoms with Crippen LogP contribution in [0.5, 0.6) is 0 Å². The van der Waals surface area contributed by atoms with Crippen LogP contribution in [0.1, 0.15) is 27.7 Å². The molecule has 1 aromatic rings. The monoisotopic (exact) mass is 287 g/mol.